The number of aromatic nitrogens is 3. The van der Waals surface area contributed by atoms with Crippen molar-refractivity contribution < 1.29 is 4.84 Å². The molecule has 3 aromatic rings. The molecule has 1 aromatic heterocycles. The summed E-state index contributed by atoms with van der Waals surface area (Å²) in [5, 5.41) is 8.97. The van der Waals surface area contributed by atoms with Crippen LogP contribution in [0.3, 0.4) is 0 Å². The van der Waals surface area contributed by atoms with Gasteiger partial charge in [-0.2, -0.15) is 0 Å². The van der Waals surface area contributed by atoms with Gasteiger partial charge < -0.3 is 4.84 Å². The van der Waals surface area contributed by atoms with E-state index in [1.807, 2.05) is 30.3 Å². The van der Waals surface area contributed by atoms with Crippen LogP contribution in [0.5, 0.6) is 0 Å². The zero-order valence-electron chi connectivity index (χ0n) is 9.75. The molecule has 0 aliphatic rings. The average Bonchev–Trinajstić information content (AvgIpc) is 2.83. The van der Waals surface area contributed by atoms with Crippen LogP contribution in [0.4, 0.5) is 0 Å². The van der Waals surface area contributed by atoms with Crippen LogP contribution in [-0.2, 0) is 6.61 Å². The number of halogens is 2. The van der Waals surface area contributed by atoms with Gasteiger partial charge in [0.2, 0.25) is 0 Å². The van der Waals surface area contributed by atoms with Crippen molar-refractivity contribution in [2.45, 2.75) is 6.61 Å². The summed E-state index contributed by atoms with van der Waals surface area (Å²) in [7, 11) is 0. The predicted octanol–water partition coefficient (Wildman–Crippen LogP) is 3.37. The zero-order valence-corrected chi connectivity index (χ0v) is 11.3. The highest BCUT2D eigenvalue weighted by molar-refractivity contribution is 6.42. The Morgan fingerprint density at radius 1 is 1.05 bits per heavy atom. The van der Waals surface area contributed by atoms with Crippen molar-refractivity contribution in [1.29, 1.82) is 0 Å². The summed E-state index contributed by atoms with van der Waals surface area (Å²) in [6.45, 7) is 0.338. The lowest BCUT2D eigenvalue weighted by molar-refractivity contribution is 0.0752. The SMILES string of the molecule is Clc1ccc(COn2nnc3ccccc32)cc1Cl. The van der Waals surface area contributed by atoms with Gasteiger partial charge in [0.05, 0.1) is 10.0 Å². The first-order valence-electron chi connectivity index (χ1n) is 5.62. The van der Waals surface area contributed by atoms with E-state index in [1.54, 1.807) is 12.1 Å². The molecule has 0 saturated heterocycles. The maximum Gasteiger partial charge on any atom is 0.142 e. The molecular weight excluding hydrogens is 285 g/mol. The first kappa shape index (κ1) is 12.3. The third-order valence-electron chi connectivity index (χ3n) is 2.66. The van der Waals surface area contributed by atoms with Crippen LogP contribution in [0.2, 0.25) is 10.0 Å². The van der Waals surface area contributed by atoms with Gasteiger partial charge in [0.15, 0.2) is 0 Å². The number of fused-ring (bicyclic) bond motifs is 1. The molecule has 19 heavy (non-hydrogen) atoms. The summed E-state index contributed by atoms with van der Waals surface area (Å²) in [5.41, 5.74) is 2.52. The van der Waals surface area contributed by atoms with Crippen molar-refractivity contribution in [2.24, 2.45) is 0 Å². The molecule has 1 heterocycles. The summed E-state index contributed by atoms with van der Waals surface area (Å²) in [5.74, 6) is 0. The van der Waals surface area contributed by atoms with Crippen molar-refractivity contribution in [3.05, 3.63) is 58.1 Å². The number of nitrogens with zero attached hydrogens (tertiary/aromatic N) is 3. The van der Waals surface area contributed by atoms with Crippen molar-refractivity contribution in [3.8, 4) is 0 Å². The molecule has 0 radical (unpaired) electrons. The van der Waals surface area contributed by atoms with Gasteiger partial charge in [-0.1, -0.05) is 46.2 Å². The molecule has 0 aliphatic heterocycles. The minimum Gasteiger partial charge on any atom is -0.390 e. The zero-order chi connectivity index (χ0) is 13.2. The Kier molecular flexibility index (Phi) is 3.27. The Labute approximate surface area is 119 Å². The van der Waals surface area contributed by atoms with Crippen molar-refractivity contribution in [1.82, 2.24) is 15.2 Å². The minimum absolute atomic E-state index is 0.338. The van der Waals surface area contributed by atoms with E-state index in [0.717, 1.165) is 16.6 Å². The molecule has 0 amide bonds. The van der Waals surface area contributed by atoms with Crippen LogP contribution in [0, 0.1) is 0 Å². The number of rotatable bonds is 3. The summed E-state index contributed by atoms with van der Waals surface area (Å²) < 4.78 is 0. The maximum atomic E-state index is 5.95. The van der Waals surface area contributed by atoms with Gasteiger partial charge in [-0.05, 0) is 35.0 Å². The lowest BCUT2D eigenvalue weighted by Gasteiger charge is -2.06. The molecule has 0 fully saturated rings. The van der Waals surface area contributed by atoms with E-state index in [1.165, 1.54) is 4.85 Å². The van der Waals surface area contributed by atoms with Crippen LogP contribution < -0.4 is 4.84 Å². The summed E-state index contributed by atoms with van der Waals surface area (Å²) >= 11 is 11.8. The van der Waals surface area contributed by atoms with Gasteiger partial charge in [-0.25, -0.2) is 0 Å². The molecule has 0 spiro atoms. The molecule has 96 valence electrons. The van der Waals surface area contributed by atoms with Crippen molar-refractivity contribution in [3.63, 3.8) is 0 Å². The van der Waals surface area contributed by atoms with Gasteiger partial charge in [-0.3, -0.25) is 0 Å². The first-order valence-corrected chi connectivity index (χ1v) is 6.37. The molecule has 4 nitrogen and oxygen atoms in total. The molecule has 0 atom stereocenters. The molecule has 0 aliphatic carbocycles. The second-order valence-electron chi connectivity index (χ2n) is 3.97. The maximum absolute atomic E-state index is 5.95. The Balaban J connectivity index is 1.80. The molecule has 6 heteroatoms. The van der Waals surface area contributed by atoms with E-state index >= 15 is 0 Å². The Morgan fingerprint density at radius 3 is 2.74 bits per heavy atom. The summed E-state index contributed by atoms with van der Waals surface area (Å²) in [6, 6.07) is 12.9. The largest absolute Gasteiger partial charge is 0.390 e. The van der Waals surface area contributed by atoms with Crippen LogP contribution in [0.25, 0.3) is 11.0 Å². The standard InChI is InChI=1S/C13H9Cl2N3O/c14-10-6-5-9(7-11(10)15)8-19-18-13-4-2-1-3-12(13)16-17-18/h1-7H,8H2. The second-order valence-corrected chi connectivity index (χ2v) is 4.79. The molecule has 0 unspecified atom stereocenters. The number of hydrogen-bond acceptors (Lipinski definition) is 3. The second kappa shape index (κ2) is 5.07. The monoisotopic (exact) mass is 293 g/mol. The number of hydrogen-bond donors (Lipinski definition) is 0. The van der Waals surface area contributed by atoms with E-state index in [4.69, 9.17) is 28.0 Å². The molecule has 0 saturated carbocycles. The lowest BCUT2D eigenvalue weighted by Crippen LogP contribution is -2.12. The highest BCUT2D eigenvalue weighted by atomic mass is 35.5. The fraction of sp³-hybridized carbons (Fsp3) is 0.0769. The van der Waals surface area contributed by atoms with Crippen LogP contribution in [0.15, 0.2) is 42.5 Å². The van der Waals surface area contributed by atoms with Crippen LogP contribution in [0.1, 0.15) is 5.56 Å². The molecule has 3 rings (SSSR count). The van der Waals surface area contributed by atoms with E-state index in [2.05, 4.69) is 10.3 Å². The third-order valence-corrected chi connectivity index (χ3v) is 3.40. The summed E-state index contributed by atoms with van der Waals surface area (Å²) in [4.78, 5) is 6.98. The highest BCUT2D eigenvalue weighted by Gasteiger charge is 2.05. The average molecular weight is 294 g/mol. The summed E-state index contributed by atoms with van der Waals surface area (Å²) in [6.07, 6.45) is 0. The van der Waals surface area contributed by atoms with E-state index in [-0.39, 0.29) is 0 Å². The normalized spacial score (nSPS) is 10.8. The first-order chi connectivity index (χ1) is 9.24. The van der Waals surface area contributed by atoms with Gasteiger partial charge in [0, 0.05) is 0 Å². The topological polar surface area (TPSA) is 39.9 Å². The van der Waals surface area contributed by atoms with E-state index in [0.29, 0.717) is 16.7 Å². The third kappa shape index (κ3) is 2.50. The lowest BCUT2D eigenvalue weighted by atomic mass is 10.2. The Morgan fingerprint density at radius 2 is 1.89 bits per heavy atom. The van der Waals surface area contributed by atoms with E-state index < -0.39 is 0 Å². The minimum atomic E-state index is 0.338. The van der Waals surface area contributed by atoms with Gasteiger partial charge in [0.1, 0.15) is 17.6 Å². The Bertz CT molecular complexity index is 727. The fourth-order valence-electron chi connectivity index (χ4n) is 1.71. The highest BCUT2D eigenvalue weighted by Crippen LogP contribution is 2.22. The fourth-order valence-corrected chi connectivity index (χ4v) is 2.03. The Hall–Kier alpha value is -1.78. The number of benzene rings is 2. The van der Waals surface area contributed by atoms with Gasteiger partial charge in [-0.15, -0.1) is 5.10 Å². The molecule has 0 bridgehead atoms. The molecular formula is C13H9Cl2N3O. The van der Waals surface area contributed by atoms with Crippen LogP contribution >= 0.6 is 23.2 Å². The number of para-hydroxylation sites is 1. The van der Waals surface area contributed by atoms with E-state index in [9.17, 15) is 0 Å². The van der Waals surface area contributed by atoms with Gasteiger partial charge in [0.25, 0.3) is 0 Å². The van der Waals surface area contributed by atoms with Crippen molar-refractivity contribution in [2.75, 3.05) is 0 Å². The van der Waals surface area contributed by atoms with Crippen LogP contribution in [-0.4, -0.2) is 15.2 Å². The van der Waals surface area contributed by atoms with Crippen molar-refractivity contribution >= 4 is 34.2 Å². The quantitative estimate of drug-likeness (QED) is 0.743. The van der Waals surface area contributed by atoms with Gasteiger partial charge >= 0.3 is 0 Å². The molecule has 0 N–H and O–H groups in total. The smallest absolute Gasteiger partial charge is 0.142 e. The molecule has 2 aromatic carbocycles. The predicted molar refractivity (Wildman–Crippen MR) is 74.3 cm³/mol.